The zero-order chi connectivity index (χ0) is 19.5. The number of nitrogens with one attached hydrogen (secondary N) is 1. The highest BCUT2D eigenvalue weighted by atomic mass is 32.1. The summed E-state index contributed by atoms with van der Waals surface area (Å²) in [5.74, 6) is 0. The number of thiazole rings is 1. The molecule has 2 saturated heterocycles. The molecule has 2 bridgehead atoms. The number of aromatic nitrogens is 2. The largest absolute Gasteiger partial charge is 0.467 e. The van der Waals surface area contributed by atoms with Gasteiger partial charge in [0.25, 0.3) is 5.19 Å². The fourth-order valence-corrected chi connectivity index (χ4v) is 5.31. The monoisotopic (exact) mass is 407 g/mol. The molecular formula is C20H20F3N3OS. The minimum absolute atomic E-state index is 0.189. The summed E-state index contributed by atoms with van der Waals surface area (Å²) in [6.07, 6.45) is 2.07. The van der Waals surface area contributed by atoms with E-state index >= 15 is 0 Å². The molecule has 2 fully saturated rings. The number of nitrogens with zero attached hydrogens (tertiary/aromatic N) is 2. The number of ether oxygens (including phenoxy) is 1. The number of fused-ring (bicyclic) bond motifs is 3. The van der Waals surface area contributed by atoms with E-state index in [0.717, 1.165) is 29.3 Å². The van der Waals surface area contributed by atoms with E-state index in [1.54, 1.807) is 18.3 Å². The van der Waals surface area contributed by atoms with Gasteiger partial charge in [-0.2, -0.15) is 13.2 Å². The van der Waals surface area contributed by atoms with Crippen LogP contribution in [0.1, 0.15) is 31.4 Å². The van der Waals surface area contributed by atoms with E-state index in [9.17, 15) is 13.2 Å². The number of aromatic amines is 1. The van der Waals surface area contributed by atoms with Gasteiger partial charge in [0, 0.05) is 29.2 Å². The molecule has 28 heavy (non-hydrogen) atoms. The van der Waals surface area contributed by atoms with Crippen molar-refractivity contribution in [2.75, 3.05) is 7.05 Å². The zero-order valence-electron chi connectivity index (χ0n) is 15.3. The lowest BCUT2D eigenvalue weighted by molar-refractivity contribution is -0.140. The van der Waals surface area contributed by atoms with Crippen molar-refractivity contribution in [3.63, 3.8) is 0 Å². The van der Waals surface area contributed by atoms with Crippen LogP contribution in [-0.4, -0.2) is 40.1 Å². The van der Waals surface area contributed by atoms with Crippen LogP contribution in [0, 0.1) is 0 Å². The molecule has 2 aliphatic heterocycles. The number of hydrogen-bond acceptors (Lipinski definition) is 4. The number of benzene rings is 1. The Balaban J connectivity index is 1.34. The van der Waals surface area contributed by atoms with Gasteiger partial charge >= 0.3 is 6.18 Å². The molecule has 2 aliphatic rings. The van der Waals surface area contributed by atoms with E-state index in [-0.39, 0.29) is 6.10 Å². The maximum atomic E-state index is 12.9. The van der Waals surface area contributed by atoms with E-state index < -0.39 is 11.9 Å². The molecule has 0 aliphatic carbocycles. The molecule has 0 spiro atoms. The molecule has 4 heterocycles. The van der Waals surface area contributed by atoms with Gasteiger partial charge in [0.15, 0.2) is 0 Å². The van der Waals surface area contributed by atoms with Crippen molar-refractivity contribution < 1.29 is 17.9 Å². The molecule has 0 amide bonds. The van der Waals surface area contributed by atoms with Gasteiger partial charge in [-0.05, 0) is 56.5 Å². The van der Waals surface area contributed by atoms with Crippen LogP contribution in [0.5, 0.6) is 5.19 Å². The minimum Gasteiger partial charge on any atom is -0.467 e. The number of H-pyrrole nitrogens is 1. The first-order chi connectivity index (χ1) is 13.4. The smallest absolute Gasteiger partial charge is 0.431 e. The van der Waals surface area contributed by atoms with Crippen LogP contribution in [-0.2, 0) is 6.18 Å². The van der Waals surface area contributed by atoms with E-state index in [1.165, 1.54) is 24.2 Å². The van der Waals surface area contributed by atoms with Crippen molar-refractivity contribution in [2.24, 2.45) is 0 Å². The van der Waals surface area contributed by atoms with Crippen molar-refractivity contribution in [2.45, 2.75) is 50.0 Å². The van der Waals surface area contributed by atoms with Gasteiger partial charge in [-0.25, -0.2) is 4.98 Å². The third-order valence-electron chi connectivity index (χ3n) is 6.02. The highest BCUT2D eigenvalue weighted by Gasteiger charge is 2.39. The maximum Gasteiger partial charge on any atom is 0.431 e. The second-order valence-corrected chi connectivity index (χ2v) is 8.73. The first-order valence-corrected chi connectivity index (χ1v) is 10.2. The van der Waals surface area contributed by atoms with Gasteiger partial charge in [0.05, 0.1) is 4.88 Å². The summed E-state index contributed by atoms with van der Waals surface area (Å²) < 4.78 is 44.9. The van der Waals surface area contributed by atoms with Gasteiger partial charge in [-0.1, -0.05) is 17.4 Å². The van der Waals surface area contributed by atoms with E-state index in [1.807, 2.05) is 6.07 Å². The van der Waals surface area contributed by atoms with Gasteiger partial charge in [-0.15, -0.1) is 0 Å². The van der Waals surface area contributed by atoms with Gasteiger partial charge in [0.2, 0.25) is 0 Å². The maximum absolute atomic E-state index is 12.9. The summed E-state index contributed by atoms with van der Waals surface area (Å²) in [5.41, 5.74) is 0.583. The number of hydrogen-bond donors (Lipinski definition) is 1. The van der Waals surface area contributed by atoms with Crippen LogP contribution < -0.4 is 4.74 Å². The third kappa shape index (κ3) is 3.18. The van der Waals surface area contributed by atoms with Crippen LogP contribution in [0.2, 0.25) is 0 Å². The van der Waals surface area contributed by atoms with Crippen molar-refractivity contribution in [3.8, 4) is 15.6 Å². The second kappa shape index (κ2) is 6.49. The van der Waals surface area contributed by atoms with Crippen molar-refractivity contribution >= 4 is 22.2 Å². The molecule has 1 aromatic carbocycles. The van der Waals surface area contributed by atoms with Crippen LogP contribution in [0.25, 0.3) is 21.3 Å². The summed E-state index contributed by atoms with van der Waals surface area (Å²) in [6.45, 7) is 0. The molecule has 1 N–H and O–H groups in total. The van der Waals surface area contributed by atoms with Gasteiger partial charge in [-0.3, -0.25) is 0 Å². The predicted octanol–water partition coefficient (Wildman–Crippen LogP) is 5.31. The molecule has 4 nitrogen and oxygen atoms in total. The fourth-order valence-electron chi connectivity index (χ4n) is 4.49. The van der Waals surface area contributed by atoms with E-state index in [2.05, 4.69) is 21.9 Å². The van der Waals surface area contributed by atoms with E-state index in [4.69, 9.17) is 4.74 Å². The predicted molar refractivity (Wildman–Crippen MR) is 103 cm³/mol. The molecule has 2 aromatic heterocycles. The Morgan fingerprint density at radius 1 is 1.18 bits per heavy atom. The molecule has 0 radical (unpaired) electrons. The van der Waals surface area contributed by atoms with E-state index in [0.29, 0.717) is 28.2 Å². The first-order valence-electron chi connectivity index (χ1n) is 9.41. The number of rotatable bonds is 3. The number of piperidine rings is 1. The van der Waals surface area contributed by atoms with Crippen molar-refractivity contribution in [3.05, 3.63) is 36.2 Å². The Bertz CT molecular complexity index is 998. The summed E-state index contributed by atoms with van der Waals surface area (Å²) in [4.78, 5) is 10.2. The molecule has 148 valence electrons. The van der Waals surface area contributed by atoms with Crippen LogP contribution in [0.3, 0.4) is 0 Å². The lowest BCUT2D eigenvalue weighted by Crippen LogP contribution is -2.43. The molecule has 3 atom stereocenters. The summed E-state index contributed by atoms with van der Waals surface area (Å²) >= 11 is 1.44. The number of halogens is 3. The summed E-state index contributed by atoms with van der Waals surface area (Å²) in [5, 5.41) is 1.17. The molecular weight excluding hydrogens is 387 g/mol. The second-order valence-electron chi connectivity index (χ2n) is 7.73. The normalized spacial score (nSPS) is 25.5. The SMILES string of the molecule is CN1C2CC[C@H]1CC(Oc1ncc(-c3ccc4[nH]c(C(F)(F)F)cc4c3)s1)C2. The molecule has 0 saturated carbocycles. The minimum atomic E-state index is -4.38. The third-order valence-corrected chi connectivity index (χ3v) is 6.95. The van der Waals surface area contributed by atoms with Gasteiger partial charge < -0.3 is 14.6 Å². The lowest BCUT2D eigenvalue weighted by Gasteiger charge is -2.35. The Hall–Kier alpha value is -2.06. The standard InChI is InChI=1S/C20H20F3N3OS/c1-26-13-3-4-14(26)9-15(8-13)27-19-24-10-17(28-19)11-2-5-16-12(6-11)7-18(25-16)20(21,22)23/h2,5-7,10,13-15,25H,3-4,8-9H2,1H3/t13-,14?,15?/m0/s1. The average Bonchev–Trinajstić information content (AvgIpc) is 3.31. The van der Waals surface area contributed by atoms with Crippen LogP contribution >= 0.6 is 11.3 Å². The Morgan fingerprint density at radius 2 is 1.93 bits per heavy atom. The van der Waals surface area contributed by atoms with Crippen LogP contribution in [0.4, 0.5) is 13.2 Å². The highest BCUT2D eigenvalue weighted by Crippen LogP contribution is 2.38. The Kier molecular flexibility index (Phi) is 4.17. The molecule has 3 aromatic rings. The zero-order valence-corrected chi connectivity index (χ0v) is 16.1. The quantitative estimate of drug-likeness (QED) is 0.639. The Morgan fingerprint density at radius 3 is 2.64 bits per heavy atom. The molecule has 8 heteroatoms. The van der Waals surface area contributed by atoms with Crippen LogP contribution in [0.15, 0.2) is 30.5 Å². The topological polar surface area (TPSA) is 41.1 Å². The van der Waals surface area contributed by atoms with Gasteiger partial charge in [0.1, 0.15) is 11.8 Å². The fraction of sp³-hybridized carbons (Fsp3) is 0.450. The summed E-state index contributed by atoms with van der Waals surface area (Å²) in [6, 6.07) is 7.59. The van der Waals surface area contributed by atoms with Crippen molar-refractivity contribution in [1.29, 1.82) is 0 Å². The highest BCUT2D eigenvalue weighted by molar-refractivity contribution is 7.16. The number of alkyl halides is 3. The van der Waals surface area contributed by atoms with Crippen molar-refractivity contribution in [1.82, 2.24) is 14.9 Å². The Labute approximate surface area is 164 Å². The molecule has 5 rings (SSSR count). The average molecular weight is 407 g/mol. The summed E-state index contributed by atoms with van der Waals surface area (Å²) in [7, 11) is 2.20. The lowest BCUT2D eigenvalue weighted by atomic mass is 10.0. The molecule has 2 unspecified atom stereocenters. The first kappa shape index (κ1) is 18.0.